The maximum absolute atomic E-state index is 13.5. The van der Waals surface area contributed by atoms with Crippen molar-refractivity contribution >= 4 is 23.3 Å². The molecule has 0 atom stereocenters. The molecule has 0 saturated heterocycles. The normalized spacial score (nSPS) is 13.3. The standard InChI is InChI=1S/C17H16FN3O2/c18-15-4-2-1-3-14(15)16(22)19-11-5-7-12(8-6-11)20-17(23)21-13-9-10-13/h1-8,13H,9-10H2,(H,19,22)(H2,20,21,23). The molecule has 118 valence electrons. The number of amides is 3. The molecule has 23 heavy (non-hydrogen) atoms. The van der Waals surface area contributed by atoms with Crippen molar-refractivity contribution in [3.05, 3.63) is 59.9 Å². The number of nitrogens with one attached hydrogen (secondary N) is 3. The van der Waals surface area contributed by atoms with Gasteiger partial charge in [-0.05, 0) is 49.2 Å². The van der Waals surface area contributed by atoms with E-state index < -0.39 is 11.7 Å². The van der Waals surface area contributed by atoms with Crippen LogP contribution in [0.1, 0.15) is 23.2 Å². The average molecular weight is 313 g/mol. The number of hydrogen-bond donors (Lipinski definition) is 3. The lowest BCUT2D eigenvalue weighted by molar-refractivity contribution is 0.102. The van der Waals surface area contributed by atoms with Crippen LogP contribution in [0.3, 0.4) is 0 Å². The quantitative estimate of drug-likeness (QED) is 0.810. The van der Waals surface area contributed by atoms with Crippen LogP contribution in [-0.4, -0.2) is 18.0 Å². The molecular weight excluding hydrogens is 297 g/mol. The summed E-state index contributed by atoms with van der Waals surface area (Å²) in [5.74, 6) is -1.09. The Labute approximate surface area is 132 Å². The Morgan fingerprint density at radius 2 is 1.52 bits per heavy atom. The molecule has 0 aliphatic heterocycles. The number of rotatable bonds is 4. The highest BCUT2D eigenvalue weighted by Gasteiger charge is 2.23. The van der Waals surface area contributed by atoms with Gasteiger partial charge in [0.1, 0.15) is 5.82 Å². The summed E-state index contributed by atoms with van der Waals surface area (Å²) in [5.41, 5.74) is 1.12. The van der Waals surface area contributed by atoms with Crippen LogP contribution in [0.25, 0.3) is 0 Å². The van der Waals surface area contributed by atoms with Crippen molar-refractivity contribution in [2.24, 2.45) is 0 Å². The zero-order chi connectivity index (χ0) is 16.2. The van der Waals surface area contributed by atoms with E-state index in [0.29, 0.717) is 11.4 Å². The van der Waals surface area contributed by atoms with Crippen molar-refractivity contribution in [1.82, 2.24) is 5.32 Å². The van der Waals surface area contributed by atoms with E-state index in [-0.39, 0.29) is 17.6 Å². The van der Waals surface area contributed by atoms with Crippen molar-refractivity contribution in [2.45, 2.75) is 18.9 Å². The average Bonchev–Trinajstić information content (AvgIpc) is 3.33. The molecule has 1 fully saturated rings. The Bertz CT molecular complexity index is 727. The third-order valence-electron chi connectivity index (χ3n) is 3.43. The molecule has 1 aliphatic rings. The van der Waals surface area contributed by atoms with E-state index in [0.717, 1.165) is 12.8 Å². The predicted molar refractivity (Wildman–Crippen MR) is 86.0 cm³/mol. The molecular formula is C17H16FN3O2. The predicted octanol–water partition coefficient (Wildman–Crippen LogP) is 3.36. The summed E-state index contributed by atoms with van der Waals surface area (Å²) in [7, 11) is 0. The maximum atomic E-state index is 13.5. The maximum Gasteiger partial charge on any atom is 0.319 e. The Hall–Kier alpha value is -2.89. The number of anilines is 2. The molecule has 6 heteroatoms. The topological polar surface area (TPSA) is 70.2 Å². The lowest BCUT2D eigenvalue weighted by atomic mass is 10.2. The third kappa shape index (κ3) is 4.06. The molecule has 3 N–H and O–H groups in total. The molecule has 0 unspecified atom stereocenters. The van der Waals surface area contributed by atoms with Crippen LogP contribution in [0.5, 0.6) is 0 Å². The molecule has 2 aromatic carbocycles. The first kappa shape index (κ1) is 15.0. The van der Waals surface area contributed by atoms with Gasteiger partial charge in [0, 0.05) is 17.4 Å². The number of halogens is 1. The number of benzene rings is 2. The number of carbonyl (C=O) groups is 2. The first-order chi connectivity index (χ1) is 11.1. The van der Waals surface area contributed by atoms with E-state index in [9.17, 15) is 14.0 Å². The van der Waals surface area contributed by atoms with Crippen LogP contribution >= 0.6 is 0 Å². The molecule has 2 aromatic rings. The van der Waals surface area contributed by atoms with Crippen molar-refractivity contribution in [3.63, 3.8) is 0 Å². The molecule has 3 amide bonds. The van der Waals surface area contributed by atoms with Gasteiger partial charge >= 0.3 is 6.03 Å². The lowest BCUT2D eigenvalue weighted by Gasteiger charge is -2.09. The minimum Gasteiger partial charge on any atom is -0.335 e. The number of hydrogen-bond acceptors (Lipinski definition) is 2. The van der Waals surface area contributed by atoms with Gasteiger partial charge in [0.25, 0.3) is 5.91 Å². The van der Waals surface area contributed by atoms with E-state index in [4.69, 9.17) is 0 Å². The molecule has 0 radical (unpaired) electrons. The first-order valence-corrected chi connectivity index (χ1v) is 7.35. The van der Waals surface area contributed by atoms with Crippen molar-refractivity contribution < 1.29 is 14.0 Å². The summed E-state index contributed by atoms with van der Waals surface area (Å²) in [6.07, 6.45) is 2.04. The minimum atomic E-state index is -0.569. The summed E-state index contributed by atoms with van der Waals surface area (Å²) >= 11 is 0. The second-order valence-electron chi connectivity index (χ2n) is 5.38. The van der Waals surface area contributed by atoms with Crippen LogP contribution in [0.4, 0.5) is 20.6 Å². The van der Waals surface area contributed by atoms with Gasteiger partial charge < -0.3 is 16.0 Å². The first-order valence-electron chi connectivity index (χ1n) is 7.35. The van der Waals surface area contributed by atoms with Gasteiger partial charge in [-0.15, -0.1) is 0 Å². The lowest BCUT2D eigenvalue weighted by Crippen LogP contribution is -2.30. The van der Waals surface area contributed by atoms with E-state index >= 15 is 0 Å². The van der Waals surface area contributed by atoms with Crippen molar-refractivity contribution in [3.8, 4) is 0 Å². The van der Waals surface area contributed by atoms with E-state index in [1.165, 1.54) is 18.2 Å². The van der Waals surface area contributed by atoms with Crippen LogP contribution in [0.15, 0.2) is 48.5 Å². The highest BCUT2D eigenvalue weighted by Crippen LogP contribution is 2.19. The molecule has 0 bridgehead atoms. The summed E-state index contributed by atoms with van der Waals surface area (Å²) in [6, 6.07) is 12.5. The highest BCUT2D eigenvalue weighted by atomic mass is 19.1. The van der Waals surface area contributed by atoms with Gasteiger partial charge in [-0.2, -0.15) is 0 Å². The van der Waals surface area contributed by atoms with Gasteiger partial charge in [0.15, 0.2) is 0 Å². The molecule has 1 saturated carbocycles. The zero-order valence-electron chi connectivity index (χ0n) is 12.3. The van der Waals surface area contributed by atoms with Crippen LogP contribution in [-0.2, 0) is 0 Å². The number of carbonyl (C=O) groups excluding carboxylic acids is 2. The van der Waals surface area contributed by atoms with Crippen LogP contribution in [0, 0.1) is 5.82 Å². The number of urea groups is 1. The van der Waals surface area contributed by atoms with Crippen molar-refractivity contribution in [1.29, 1.82) is 0 Å². The second-order valence-corrected chi connectivity index (χ2v) is 5.38. The summed E-state index contributed by atoms with van der Waals surface area (Å²) in [6.45, 7) is 0. The fraction of sp³-hybridized carbons (Fsp3) is 0.176. The fourth-order valence-corrected chi connectivity index (χ4v) is 2.06. The Morgan fingerprint density at radius 1 is 0.913 bits per heavy atom. The molecule has 5 nitrogen and oxygen atoms in total. The summed E-state index contributed by atoms with van der Waals surface area (Å²) in [4.78, 5) is 23.6. The van der Waals surface area contributed by atoms with Gasteiger partial charge in [0.05, 0.1) is 5.56 Å². The SMILES string of the molecule is O=C(Nc1ccc(NC(=O)c2ccccc2F)cc1)NC1CC1. The van der Waals surface area contributed by atoms with Gasteiger partial charge in [0.2, 0.25) is 0 Å². The summed E-state index contributed by atoms with van der Waals surface area (Å²) < 4.78 is 13.5. The fourth-order valence-electron chi connectivity index (χ4n) is 2.06. The molecule has 1 aliphatic carbocycles. The second kappa shape index (κ2) is 6.48. The highest BCUT2D eigenvalue weighted by molar-refractivity contribution is 6.04. The zero-order valence-corrected chi connectivity index (χ0v) is 12.3. The monoisotopic (exact) mass is 313 g/mol. The Kier molecular flexibility index (Phi) is 4.23. The Balaban J connectivity index is 1.59. The van der Waals surface area contributed by atoms with E-state index in [1.54, 1.807) is 30.3 Å². The van der Waals surface area contributed by atoms with Gasteiger partial charge in [-0.25, -0.2) is 9.18 Å². The van der Waals surface area contributed by atoms with E-state index in [1.807, 2.05) is 0 Å². The summed E-state index contributed by atoms with van der Waals surface area (Å²) in [5, 5.41) is 8.14. The minimum absolute atomic E-state index is 0.0153. The Morgan fingerprint density at radius 3 is 2.13 bits per heavy atom. The van der Waals surface area contributed by atoms with E-state index in [2.05, 4.69) is 16.0 Å². The largest absolute Gasteiger partial charge is 0.335 e. The molecule has 0 spiro atoms. The molecule has 0 heterocycles. The molecule has 3 rings (SSSR count). The van der Waals surface area contributed by atoms with Gasteiger partial charge in [-0.1, -0.05) is 12.1 Å². The van der Waals surface area contributed by atoms with Crippen LogP contribution in [0.2, 0.25) is 0 Å². The van der Waals surface area contributed by atoms with Crippen LogP contribution < -0.4 is 16.0 Å². The third-order valence-corrected chi connectivity index (χ3v) is 3.43. The van der Waals surface area contributed by atoms with Crippen molar-refractivity contribution in [2.75, 3.05) is 10.6 Å². The molecule has 0 aromatic heterocycles. The smallest absolute Gasteiger partial charge is 0.319 e. The van der Waals surface area contributed by atoms with Gasteiger partial charge in [-0.3, -0.25) is 4.79 Å².